The first-order valence-electron chi connectivity index (χ1n) is 6.57. The van der Waals surface area contributed by atoms with Crippen LogP contribution in [0.3, 0.4) is 0 Å². The van der Waals surface area contributed by atoms with E-state index in [-0.39, 0.29) is 0 Å². The van der Waals surface area contributed by atoms with E-state index in [0.29, 0.717) is 6.61 Å². The molecule has 0 heterocycles. The van der Waals surface area contributed by atoms with Crippen LogP contribution in [0.5, 0.6) is 5.75 Å². The highest BCUT2D eigenvalue weighted by Gasteiger charge is 2.02. The highest BCUT2D eigenvalue weighted by atomic mass is 79.9. The van der Waals surface area contributed by atoms with Gasteiger partial charge in [0.05, 0.1) is 0 Å². The fourth-order valence-corrected chi connectivity index (χ4v) is 2.31. The SMILES string of the molecule is CNCc1cc(Br)ccc1OC/C=C/c1ccccc1. The van der Waals surface area contributed by atoms with Crippen molar-refractivity contribution in [1.82, 2.24) is 5.32 Å². The number of ether oxygens (including phenoxy) is 1. The minimum Gasteiger partial charge on any atom is -0.489 e. The van der Waals surface area contributed by atoms with E-state index in [1.165, 1.54) is 5.56 Å². The molecule has 0 bridgehead atoms. The molecule has 0 aliphatic carbocycles. The summed E-state index contributed by atoms with van der Waals surface area (Å²) in [6.45, 7) is 1.35. The maximum atomic E-state index is 5.82. The Labute approximate surface area is 128 Å². The van der Waals surface area contributed by atoms with Gasteiger partial charge >= 0.3 is 0 Å². The van der Waals surface area contributed by atoms with Gasteiger partial charge in [-0.2, -0.15) is 0 Å². The van der Waals surface area contributed by atoms with Crippen molar-refractivity contribution in [2.75, 3.05) is 13.7 Å². The second-order valence-corrected chi connectivity index (χ2v) is 5.32. The third-order valence-corrected chi connectivity index (χ3v) is 3.33. The van der Waals surface area contributed by atoms with Crippen molar-refractivity contribution in [3.63, 3.8) is 0 Å². The molecule has 0 unspecified atom stereocenters. The number of hydrogen-bond acceptors (Lipinski definition) is 2. The van der Waals surface area contributed by atoms with Crippen LogP contribution in [-0.2, 0) is 6.54 Å². The summed E-state index contributed by atoms with van der Waals surface area (Å²) in [7, 11) is 1.93. The second kappa shape index (κ2) is 7.88. The van der Waals surface area contributed by atoms with Crippen molar-refractivity contribution in [2.45, 2.75) is 6.54 Å². The monoisotopic (exact) mass is 331 g/mol. The lowest BCUT2D eigenvalue weighted by Crippen LogP contribution is -2.07. The van der Waals surface area contributed by atoms with E-state index in [0.717, 1.165) is 22.3 Å². The summed E-state index contributed by atoms with van der Waals surface area (Å²) < 4.78 is 6.88. The van der Waals surface area contributed by atoms with Gasteiger partial charge in [0.15, 0.2) is 0 Å². The molecule has 104 valence electrons. The predicted molar refractivity (Wildman–Crippen MR) is 87.9 cm³/mol. The number of nitrogens with one attached hydrogen (secondary N) is 1. The molecule has 0 spiro atoms. The quantitative estimate of drug-likeness (QED) is 0.853. The van der Waals surface area contributed by atoms with E-state index in [2.05, 4.69) is 45.5 Å². The zero-order valence-corrected chi connectivity index (χ0v) is 13.1. The van der Waals surface area contributed by atoms with E-state index < -0.39 is 0 Å². The van der Waals surface area contributed by atoms with Crippen LogP contribution >= 0.6 is 15.9 Å². The maximum Gasteiger partial charge on any atom is 0.124 e. The third-order valence-electron chi connectivity index (χ3n) is 2.83. The number of rotatable bonds is 6. The summed E-state index contributed by atoms with van der Waals surface area (Å²) in [5.41, 5.74) is 2.33. The van der Waals surface area contributed by atoms with Gasteiger partial charge in [-0.1, -0.05) is 52.3 Å². The Kier molecular flexibility index (Phi) is 5.84. The van der Waals surface area contributed by atoms with E-state index in [1.807, 2.05) is 43.5 Å². The molecule has 0 aliphatic rings. The summed E-state index contributed by atoms with van der Waals surface area (Å²) in [6, 6.07) is 16.3. The van der Waals surface area contributed by atoms with Gasteiger partial charge in [0.1, 0.15) is 12.4 Å². The van der Waals surface area contributed by atoms with Gasteiger partial charge in [0.2, 0.25) is 0 Å². The first-order valence-corrected chi connectivity index (χ1v) is 7.36. The van der Waals surface area contributed by atoms with Crippen LogP contribution in [-0.4, -0.2) is 13.7 Å². The predicted octanol–water partition coefficient (Wildman–Crippen LogP) is 4.26. The average molecular weight is 332 g/mol. The molecule has 1 N–H and O–H groups in total. The van der Waals surface area contributed by atoms with Gasteiger partial charge in [-0.15, -0.1) is 0 Å². The minimum absolute atomic E-state index is 0.563. The highest BCUT2D eigenvalue weighted by molar-refractivity contribution is 9.10. The molecule has 0 radical (unpaired) electrons. The first-order chi connectivity index (χ1) is 9.79. The van der Waals surface area contributed by atoms with Crippen LogP contribution in [0.1, 0.15) is 11.1 Å². The topological polar surface area (TPSA) is 21.3 Å². The molecule has 0 saturated carbocycles. The standard InChI is InChI=1S/C17H18BrNO/c1-19-13-15-12-16(18)9-10-17(15)20-11-5-8-14-6-3-2-4-7-14/h2-10,12,19H,11,13H2,1H3/b8-5+. The van der Waals surface area contributed by atoms with Crippen LogP contribution in [0.2, 0.25) is 0 Å². The average Bonchev–Trinajstić information content (AvgIpc) is 2.47. The molecule has 2 nitrogen and oxygen atoms in total. The first kappa shape index (κ1) is 14.8. The number of halogens is 1. The maximum absolute atomic E-state index is 5.82. The fraction of sp³-hybridized carbons (Fsp3) is 0.176. The largest absolute Gasteiger partial charge is 0.489 e. The fourth-order valence-electron chi connectivity index (χ4n) is 1.90. The zero-order chi connectivity index (χ0) is 14.2. The molecule has 3 heteroatoms. The second-order valence-electron chi connectivity index (χ2n) is 4.41. The summed E-state index contributed by atoms with van der Waals surface area (Å²) in [4.78, 5) is 0. The highest BCUT2D eigenvalue weighted by Crippen LogP contribution is 2.23. The molecule has 0 amide bonds. The van der Waals surface area contributed by atoms with Gasteiger partial charge in [-0.3, -0.25) is 0 Å². The Morgan fingerprint density at radius 1 is 1.15 bits per heavy atom. The van der Waals surface area contributed by atoms with Crippen molar-refractivity contribution in [2.24, 2.45) is 0 Å². The van der Waals surface area contributed by atoms with E-state index in [1.54, 1.807) is 0 Å². The van der Waals surface area contributed by atoms with Crippen LogP contribution < -0.4 is 10.1 Å². The Hall–Kier alpha value is -1.58. The zero-order valence-electron chi connectivity index (χ0n) is 11.5. The van der Waals surface area contributed by atoms with E-state index >= 15 is 0 Å². The molecule has 20 heavy (non-hydrogen) atoms. The molecule has 0 saturated heterocycles. The van der Waals surface area contributed by atoms with Crippen LogP contribution in [0.4, 0.5) is 0 Å². The van der Waals surface area contributed by atoms with Crippen molar-refractivity contribution in [3.8, 4) is 5.75 Å². The summed E-state index contributed by atoms with van der Waals surface area (Å²) in [5, 5.41) is 3.15. The molecule has 0 aliphatic heterocycles. The Balaban J connectivity index is 1.95. The van der Waals surface area contributed by atoms with Crippen LogP contribution in [0, 0.1) is 0 Å². The van der Waals surface area contributed by atoms with Gasteiger partial charge < -0.3 is 10.1 Å². The lowest BCUT2D eigenvalue weighted by atomic mass is 10.2. The smallest absolute Gasteiger partial charge is 0.124 e. The minimum atomic E-state index is 0.563. The van der Waals surface area contributed by atoms with E-state index in [9.17, 15) is 0 Å². The molecule has 2 rings (SSSR count). The van der Waals surface area contributed by atoms with Gasteiger partial charge in [0.25, 0.3) is 0 Å². The normalized spacial score (nSPS) is 10.9. The van der Waals surface area contributed by atoms with Crippen molar-refractivity contribution < 1.29 is 4.74 Å². The number of benzene rings is 2. The van der Waals surface area contributed by atoms with Crippen molar-refractivity contribution in [1.29, 1.82) is 0 Å². The van der Waals surface area contributed by atoms with Crippen molar-refractivity contribution in [3.05, 3.63) is 70.2 Å². The molecule has 0 fully saturated rings. The summed E-state index contributed by atoms with van der Waals surface area (Å²) in [5.74, 6) is 0.917. The van der Waals surface area contributed by atoms with Gasteiger partial charge in [-0.25, -0.2) is 0 Å². The summed E-state index contributed by atoms with van der Waals surface area (Å²) in [6.07, 6.45) is 4.09. The van der Waals surface area contributed by atoms with E-state index in [4.69, 9.17) is 4.74 Å². The molecule has 2 aromatic rings. The summed E-state index contributed by atoms with van der Waals surface area (Å²) >= 11 is 3.48. The van der Waals surface area contributed by atoms with Gasteiger partial charge in [-0.05, 0) is 36.9 Å². The molecule has 0 aromatic heterocycles. The molecule has 2 aromatic carbocycles. The Bertz CT molecular complexity index is 566. The molecule has 0 atom stereocenters. The molecular weight excluding hydrogens is 314 g/mol. The Morgan fingerprint density at radius 3 is 2.70 bits per heavy atom. The lowest BCUT2D eigenvalue weighted by molar-refractivity contribution is 0.358. The third kappa shape index (κ3) is 4.51. The number of hydrogen-bond donors (Lipinski definition) is 1. The lowest BCUT2D eigenvalue weighted by Gasteiger charge is -2.10. The van der Waals surface area contributed by atoms with Crippen LogP contribution in [0.15, 0.2) is 59.1 Å². The van der Waals surface area contributed by atoms with Gasteiger partial charge in [0, 0.05) is 16.6 Å². The Morgan fingerprint density at radius 2 is 1.95 bits per heavy atom. The molecular formula is C17H18BrNO. The van der Waals surface area contributed by atoms with Crippen LogP contribution in [0.25, 0.3) is 6.08 Å². The van der Waals surface area contributed by atoms with Crippen molar-refractivity contribution >= 4 is 22.0 Å².